The molecule has 20 heavy (non-hydrogen) atoms. The summed E-state index contributed by atoms with van der Waals surface area (Å²) in [6.45, 7) is 3.60. The van der Waals surface area contributed by atoms with Crippen LogP contribution < -0.4 is 0 Å². The lowest BCUT2D eigenvalue weighted by Crippen LogP contribution is -2.05. The van der Waals surface area contributed by atoms with Crippen LogP contribution in [0.3, 0.4) is 0 Å². The van der Waals surface area contributed by atoms with Crippen LogP contribution in [0.25, 0.3) is 0 Å². The minimum absolute atomic E-state index is 0.0319. The second-order valence-electron chi connectivity index (χ2n) is 5.11. The summed E-state index contributed by atoms with van der Waals surface area (Å²) in [5.74, 6) is 1.89. The molecule has 0 unspecified atom stereocenters. The van der Waals surface area contributed by atoms with Crippen molar-refractivity contribution in [2.45, 2.75) is 26.0 Å². The zero-order valence-corrected chi connectivity index (χ0v) is 13.1. The van der Waals surface area contributed by atoms with Gasteiger partial charge in [-0.3, -0.25) is 4.79 Å². The molecule has 104 valence electrons. The van der Waals surface area contributed by atoms with E-state index in [2.05, 4.69) is 0 Å². The second kappa shape index (κ2) is 5.34. The molecule has 0 N–H and O–H groups in total. The van der Waals surface area contributed by atoms with Gasteiger partial charge in [0.1, 0.15) is 5.82 Å². The summed E-state index contributed by atoms with van der Waals surface area (Å²) < 4.78 is 13.3. The van der Waals surface area contributed by atoms with E-state index in [4.69, 9.17) is 0 Å². The molecule has 2 aromatic rings. The highest BCUT2D eigenvalue weighted by atomic mass is 32.2. The standard InChI is InChI=1S/C16H15FOS2/c1-9-5-12(17)6-10(2)15(9)16(18)14-7-11-8-19-4-3-13(11)20-14/h5-7H,3-4,8H2,1-2H3. The van der Waals surface area contributed by atoms with Crippen LogP contribution in [0.5, 0.6) is 0 Å². The molecular formula is C16H15FOS2. The van der Waals surface area contributed by atoms with Gasteiger partial charge in [0.25, 0.3) is 0 Å². The fourth-order valence-corrected chi connectivity index (χ4v) is 4.97. The number of rotatable bonds is 2. The van der Waals surface area contributed by atoms with Gasteiger partial charge in [0.05, 0.1) is 4.88 Å². The van der Waals surface area contributed by atoms with E-state index >= 15 is 0 Å². The van der Waals surface area contributed by atoms with Gasteiger partial charge in [-0.25, -0.2) is 4.39 Å². The Hall–Kier alpha value is -1.13. The minimum Gasteiger partial charge on any atom is -0.288 e. The number of fused-ring (bicyclic) bond motifs is 1. The molecule has 1 aromatic carbocycles. The van der Waals surface area contributed by atoms with Crippen LogP contribution in [0.2, 0.25) is 0 Å². The summed E-state index contributed by atoms with van der Waals surface area (Å²) in [5.41, 5.74) is 3.38. The third kappa shape index (κ3) is 2.42. The van der Waals surface area contributed by atoms with Crippen molar-refractivity contribution in [2.75, 3.05) is 5.75 Å². The summed E-state index contributed by atoms with van der Waals surface area (Å²) in [7, 11) is 0. The number of ketones is 1. The van der Waals surface area contributed by atoms with Gasteiger partial charge in [-0.2, -0.15) is 11.8 Å². The Morgan fingerprint density at radius 2 is 1.90 bits per heavy atom. The van der Waals surface area contributed by atoms with Crippen LogP contribution in [0, 0.1) is 19.7 Å². The van der Waals surface area contributed by atoms with E-state index in [9.17, 15) is 9.18 Å². The van der Waals surface area contributed by atoms with Crippen molar-refractivity contribution in [1.82, 2.24) is 0 Å². The lowest BCUT2D eigenvalue weighted by molar-refractivity contribution is 0.104. The first-order valence-electron chi connectivity index (χ1n) is 6.57. The Bertz CT molecular complexity index is 641. The number of carbonyl (C=O) groups is 1. The van der Waals surface area contributed by atoms with Crippen LogP contribution in [-0.4, -0.2) is 11.5 Å². The Morgan fingerprint density at radius 3 is 2.55 bits per heavy atom. The second-order valence-corrected chi connectivity index (χ2v) is 7.35. The normalized spacial score (nSPS) is 14.2. The van der Waals surface area contributed by atoms with E-state index in [0.717, 1.165) is 22.8 Å². The third-order valence-corrected chi connectivity index (χ3v) is 5.82. The number of hydrogen-bond donors (Lipinski definition) is 0. The van der Waals surface area contributed by atoms with Crippen molar-refractivity contribution in [3.63, 3.8) is 0 Å². The molecule has 0 aliphatic carbocycles. The maximum atomic E-state index is 13.3. The highest BCUT2D eigenvalue weighted by Crippen LogP contribution is 2.33. The smallest absolute Gasteiger partial charge is 0.203 e. The van der Waals surface area contributed by atoms with Crippen LogP contribution in [-0.2, 0) is 12.2 Å². The predicted octanol–water partition coefficient (Wildman–Crippen LogP) is 4.52. The van der Waals surface area contributed by atoms with E-state index in [1.54, 1.807) is 25.2 Å². The van der Waals surface area contributed by atoms with Crippen LogP contribution in [0.15, 0.2) is 18.2 Å². The van der Waals surface area contributed by atoms with E-state index in [1.165, 1.54) is 22.6 Å². The summed E-state index contributed by atoms with van der Waals surface area (Å²) in [4.78, 5) is 14.8. The van der Waals surface area contributed by atoms with Gasteiger partial charge in [-0.15, -0.1) is 11.3 Å². The van der Waals surface area contributed by atoms with Crippen LogP contribution in [0.4, 0.5) is 4.39 Å². The van der Waals surface area contributed by atoms with Crippen molar-refractivity contribution in [3.8, 4) is 0 Å². The number of thioether (sulfide) groups is 1. The maximum Gasteiger partial charge on any atom is 0.203 e. The summed E-state index contributed by atoms with van der Waals surface area (Å²) in [6, 6.07) is 4.89. The first kappa shape index (κ1) is 13.8. The molecule has 0 atom stereocenters. The first-order chi connectivity index (χ1) is 9.56. The molecule has 1 aromatic heterocycles. The number of thiophene rings is 1. The molecule has 0 fully saturated rings. The molecule has 3 rings (SSSR count). The van der Waals surface area contributed by atoms with Crippen molar-refractivity contribution in [3.05, 3.63) is 56.0 Å². The Kier molecular flexibility index (Phi) is 3.69. The molecule has 1 aliphatic heterocycles. The molecule has 0 saturated carbocycles. The van der Waals surface area contributed by atoms with Gasteiger partial charge in [-0.1, -0.05) is 0 Å². The summed E-state index contributed by atoms with van der Waals surface area (Å²) in [6.07, 6.45) is 1.05. The van der Waals surface area contributed by atoms with E-state index in [0.29, 0.717) is 16.7 Å². The molecule has 0 amide bonds. The number of aryl methyl sites for hydroxylation is 3. The Morgan fingerprint density at radius 1 is 1.20 bits per heavy atom. The highest BCUT2D eigenvalue weighted by molar-refractivity contribution is 7.98. The lowest BCUT2D eigenvalue weighted by Gasteiger charge is -2.08. The molecule has 1 nitrogen and oxygen atoms in total. The fourth-order valence-electron chi connectivity index (χ4n) is 2.65. The molecule has 0 bridgehead atoms. The van der Waals surface area contributed by atoms with E-state index < -0.39 is 0 Å². The van der Waals surface area contributed by atoms with E-state index in [-0.39, 0.29) is 11.6 Å². The van der Waals surface area contributed by atoms with Crippen molar-refractivity contribution >= 4 is 28.9 Å². The molecule has 0 radical (unpaired) electrons. The predicted molar refractivity (Wildman–Crippen MR) is 83.5 cm³/mol. The van der Waals surface area contributed by atoms with Gasteiger partial charge in [0.15, 0.2) is 0 Å². The first-order valence-corrected chi connectivity index (χ1v) is 8.54. The van der Waals surface area contributed by atoms with Gasteiger partial charge >= 0.3 is 0 Å². The van der Waals surface area contributed by atoms with Gasteiger partial charge < -0.3 is 0 Å². The van der Waals surface area contributed by atoms with Crippen LogP contribution >= 0.6 is 23.1 Å². The summed E-state index contributed by atoms with van der Waals surface area (Å²) in [5, 5.41) is 0. The van der Waals surface area contributed by atoms with Gasteiger partial charge in [0.2, 0.25) is 5.78 Å². The van der Waals surface area contributed by atoms with Crippen molar-refractivity contribution in [1.29, 1.82) is 0 Å². The fraction of sp³-hybridized carbons (Fsp3) is 0.312. The quantitative estimate of drug-likeness (QED) is 0.759. The average molecular weight is 306 g/mol. The Labute approximate surface area is 126 Å². The Balaban J connectivity index is 2.03. The largest absolute Gasteiger partial charge is 0.288 e. The lowest BCUT2D eigenvalue weighted by atomic mass is 9.98. The average Bonchev–Trinajstić information content (AvgIpc) is 2.81. The maximum absolute atomic E-state index is 13.3. The van der Waals surface area contributed by atoms with Crippen molar-refractivity contribution in [2.24, 2.45) is 0 Å². The number of halogens is 1. The zero-order valence-electron chi connectivity index (χ0n) is 11.5. The highest BCUT2D eigenvalue weighted by Gasteiger charge is 2.21. The molecular weight excluding hydrogens is 291 g/mol. The van der Waals surface area contributed by atoms with Crippen LogP contribution in [0.1, 0.15) is 36.8 Å². The third-order valence-electron chi connectivity index (χ3n) is 3.58. The number of hydrogen-bond acceptors (Lipinski definition) is 3. The zero-order chi connectivity index (χ0) is 14.3. The minimum atomic E-state index is -0.279. The molecule has 2 heterocycles. The molecule has 1 aliphatic rings. The topological polar surface area (TPSA) is 17.1 Å². The summed E-state index contributed by atoms with van der Waals surface area (Å²) >= 11 is 3.52. The SMILES string of the molecule is Cc1cc(F)cc(C)c1C(=O)c1cc2c(s1)CCSC2. The number of carbonyl (C=O) groups excluding carboxylic acids is 1. The van der Waals surface area contributed by atoms with Gasteiger partial charge in [0, 0.05) is 16.2 Å². The molecule has 0 saturated heterocycles. The van der Waals surface area contributed by atoms with E-state index in [1.807, 2.05) is 17.8 Å². The molecule has 4 heteroatoms. The monoisotopic (exact) mass is 306 g/mol. The van der Waals surface area contributed by atoms with Crippen molar-refractivity contribution < 1.29 is 9.18 Å². The molecule has 0 spiro atoms. The van der Waals surface area contributed by atoms with Gasteiger partial charge in [-0.05, 0) is 60.9 Å². The number of benzene rings is 1.